The van der Waals surface area contributed by atoms with Gasteiger partial charge in [-0.1, -0.05) is 17.7 Å². The van der Waals surface area contributed by atoms with Crippen LogP contribution in [0.1, 0.15) is 31.2 Å². The van der Waals surface area contributed by atoms with Gasteiger partial charge in [-0.15, -0.1) is 11.3 Å². The average molecular weight is 289 g/mol. The number of hydrogen-bond acceptors (Lipinski definition) is 4. The Morgan fingerprint density at radius 2 is 1.65 bits per heavy atom. The van der Waals surface area contributed by atoms with Crippen molar-refractivity contribution >= 4 is 23.0 Å². The van der Waals surface area contributed by atoms with Gasteiger partial charge in [0.15, 0.2) is 0 Å². The molecule has 0 amide bonds. The van der Waals surface area contributed by atoms with Crippen molar-refractivity contribution in [2.75, 3.05) is 12.8 Å². The van der Waals surface area contributed by atoms with E-state index in [0.717, 1.165) is 16.0 Å². The highest BCUT2D eigenvalue weighted by Crippen LogP contribution is 2.41. The highest BCUT2D eigenvalue weighted by atomic mass is 32.1. The number of methoxy groups -OCH3 is 1. The fourth-order valence-electron chi connectivity index (χ4n) is 2.69. The summed E-state index contributed by atoms with van der Waals surface area (Å²) in [6, 6.07) is 4.27. The maximum atomic E-state index is 11.8. The van der Waals surface area contributed by atoms with Crippen LogP contribution in [-0.4, -0.2) is 13.1 Å². The molecular weight excluding hydrogens is 270 g/mol. The molecule has 0 aliphatic rings. The van der Waals surface area contributed by atoms with Crippen molar-refractivity contribution in [1.82, 2.24) is 0 Å². The number of nitrogen functional groups attached to an aromatic ring is 1. The van der Waals surface area contributed by atoms with Gasteiger partial charge in [0, 0.05) is 10.4 Å². The number of carbonyl (C=O) groups is 1. The summed E-state index contributed by atoms with van der Waals surface area (Å²) in [6.07, 6.45) is 0. The summed E-state index contributed by atoms with van der Waals surface area (Å²) >= 11 is 1.39. The molecule has 20 heavy (non-hydrogen) atoms. The number of ether oxygens (including phenoxy) is 1. The van der Waals surface area contributed by atoms with Gasteiger partial charge in [-0.25, -0.2) is 4.79 Å². The monoisotopic (exact) mass is 289 g/mol. The molecule has 4 heteroatoms. The summed E-state index contributed by atoms with van der Waals surface area (Å²) in [7, 11) is 1.37. The van der Waals surface area contributed by atoms with Crippen LogP contribution in [0, 0.1) is 27.7 Å². The molecule has 0 radical (unpaired) electrons. The molecule has 106 valence electrons. The molecule has 1 heterocycles. The van der Waals surface area contributed by atoms with Crippen LogP contribution in [0.5, 0.6) is 0 Å². The van der Waals surface area contributed by atoms with Gasteiger partial charge in [0.05, 0.1) is 12.8 Å². The molecule has 0 unspecified atom stereocenters. The largest absolute Gasteiger partial charge is 0.465 e. The Morgan fingerprint density at radius 1 is 1.10 bits per heavy atom. The van der Waals surface area contributed by atoms with Gasteiger partial charge >= 0.3 is 5.97 Å². The van der Waals surface area contributed by atoms with E-state index in [1.54, 1.807) is 0 Å². The lowest BCUT2D eigenvalue weighted by Gasteiger charge is -2.12. The van der Waals surface area contributed by atoms with Gasteiger partial charge in [0.1, 0.15) is 4.88 Å². The van der Waals surface area contributed by atoms with Crippen LogP contribution >= 0.6 is 11.3 Å². The topological polar surface area (TPSA) is 52.3 Å². The smallest absolute Gasteiger partial charge is 0.350 e. The van der Waals surface area contributed by atoms with E-state index in [1.807, 2.05) is 6.92 Å². The number of aryl methyl sites for hydroxylation is 4. The number of thiophene rings is 1. The average Bonchev–Trinajstić information content (AvgIpc) is 2.65. The number of benzene rings is 1. The lowest BCUT2D eigenvalue weighted by Crippen LogP contribution is -2.02. The normalized spacial score (nSPS) is 10.7. The van der Waals surface area contributed by atoms with Gasteiger partial charge in [0.25, 0.3) is 0 Å². The number of carbonyl (C=O) groups excluding carboxylic acids is 1. The SMILES string of the molecule is COC(=O)c1sc(C)c(-c2c(C)cc(C)cc2C)c1N. The molecule has 0 aliphatic carbocycles. The Balaban J connectivity index is 2.71. The first-order chi connectivity index (χ1) is 9.36. The van der Waals surface area contributed by atoms with E-state index in [4.69, 9.17) is 10.5 Å². The van der Waals surface area contributed by atoms with E-state index >= 15 is 0 Å². The predicted molar refractivity (Wildman–Crippen MR) is 84.5 cm³/mol. The molecule has 2 aromatic rings. The minimum Gasteiger partial charge on any atom is -0.465 e. The third kappa shape index (κ3) is 2.31. The van der Waals surface area contributed by atoms with Crippen LogP contribution in [0.2, 0.25) is 0 Å². The van der Waals surface area contributed by atoms with Gasteiger partial charge in [-0.05, 0) is 44.4 Å². The van der Waals surface area contributed by atoms with E-state index in [1.165, 1.54) is 35.1 Å². The molecule has 3 nitrogen and oxygen atoms in total. The Morgan fingerprint density at radius 3 is 2.15 bits per heavy atom. The van der Waals surface area contributed by atoms with Crippen molar-refractivity contribution in [2.24, 2.45) is 0 Å². The van der Waals surface area contributed by atoms with Crippen LogP contribution in [0.25, 0.3) is 11.1 Å². The van der Waals surface area contributed by atoms with Crippen molar-refractivity contribution in [3.8, 4) is 11.1 Å². The summed E-state index contributed by atoms with van der Waals surface area (Å²) in [5.74, 6) is -0.371. The van der Waals surface area contributed by atoms with Crippen molar-refractivity contribution in [3.05, 3.63) is 38.6 Å². The van der Waals surface area contributed by atoms with Crippen LogP contribution in [0.3, 0.4) is 0 Å². The third-order valence-electron chi connectivity index (χ3n) is 3.42. The van der Waals surface area contributed by atoms with Crippen LogP contribution < -0.4 is 5.73 Å². The minimum absolute atomic E-state index is 0.371. The summed E-state index contributed by atoms with van der Waals surface area (Å²) in [5.41, 5.74) is 12.4. The number of anilines is 1. The fraction of sp³-hybridized carbons (Fsp3) is 0.312. The van der Waals surface area contributed by atoms with Gasteiger partial charge in [-0.2, -0.15) is 0 Å². The molecule has 0 saturated carbocycles. The van der Waals surface area contributed by atoms with Crippen LogP contribution in [-0.2, 0) is 4.74 Å². The van der Waals surface area contributed by atoms with E-state index in [2.05, 4.69) is 32.9 Å². The molecule has 0 atom stereocenters. The minimum atomic E-state index is -0.371. The number of nitrogens with two attached hydrogens (primary N) is 1. The standard InChI is InChI=1S/C16H19NO2S/c1-8-6-9(2)12(10(3)7-8)13-11(4)20-15(14(13)17)16(18)19-5/h6-7H,17H2,1-5H3. The summed E-state index contributed by atoms with van der Waals surface area (Å²) < 4.78 is 4.79. The van der Waals surface area contributed by atoms with Gasteiger partial charge in [0.2, 0.25) is 0 Å². The second kappa shape index (κ2) is 5.29. The maximum absolute atomic E-state index is 11.8. The zero-order chi connectivity index (χ0) is 15.0. The van der Waals surface area contributed by atoms with Gasteiger partial charge < -0.3 is 10.5 Å². The van der Waals surface area contributed by atoms with Crippen LogP contribution in [0.15, 0.2) is 12.1 Å². The number of esters is 1. The van der Waals surface area contributed by atoms with E-state index in [9.17, 15) is 4.79 Å². The number of rotatable bonds is 2. The zero-order valence-corrected chi connectivity index (χ0v) is 13.3. The Kier molecular flexibility index (Phi) is 3.86. The van der Waals surface area contributed by atoms with Gasteiger partial charge in [-0.3, -0.25) is 0 Å². The zero-order valence-electron chi connectivity index (χ0n) is 12.5. The highest BCUT2D eigenvalue weighted by molar-refractivity contribution is 7.15. The first-order valence-electron chi connectivity index (χ1n) is 6.42. The first kappa shape index (κ1) is 14.6. The lowest BCUT2D eigenvalue weighted by atomic mass is 9.93. The molecular formula is C16H19NO2S. The number of hydrogen-bond donors (Lipinski definition) is 1. The lowest BCUT2D eigenvalue weighted by molar-refractivity contribution is 0.0607. The molecule has 0 aliphatic heterocycles. The second-order valence-electron chi connectivity index (χ2n) is 5.04. The fourth-order valence-corrected chi connectivity index (χ4v) is 3.69. The molecule has 1 aromatic carbocycles. The second-order valence-corrected chi connectivity index (χ2v) is 6.27. The van der Waals surface area contributed by atoms with E-state index < -0.39 is 0 Å². The highest BCUT2D eigenvalue weighted by Gasteiger charge is 2.22. The van der Waals surface area contributed by atoms with Crippen molar-refractivity contribution in [3.63, 3.8) is 0 Å². The molecule has 0 saturated heterocycles. The predicted octanol–water partition coefficient (Wildman–Crippen LogP) is 4.02. The van der Waals surface area contributed by atoms with Crippen molar-refractivity contribution in [2.45, 2.75) is 27.7 Å². The summed E-state index contributed by atoms with van der Waals surface area (Å²) in [4.78, 5) is 13.3. The summed E-state index contributed by atoms with van der Waals surface area (Å²) in [5, 5.41) is 0. The molecule has 0 bridgehead atoms. The molecule has 0 spiro atoms. The van der Waals surface area contributed by atoms with E-state index in [0.29, 0.717) is 10.6 Å². The van der Waals surface area contributed by atoms with Crippen LogP contribution in [0.4, 0.5) is 5.69 Å². The molecule has 0 fully saturated rings. The first-order valence-corrected chi connectivity index (χ1v) is 7.23. The quantitative estimate of drug-likeness (QED) is 0.850. The third-order valence-corrected chi connectivity index (χ3v) is 4.52. The molecule has 2 rings (SSSR count). The Hall–Kier alpha value is -1.81. The maximum Gasteiger partial charge on any atom is 0.350 e. The van der Waals surface area contributed by atoms with Crippen molar-refractivity contribution < 1.29 is 9.53 Å². The Labute approximate surface area is 123 Å². The molecule has 1 aromatic heterocycles. The summed E-state index contributed by atoms with van der Waals surface area (Å²) in [6.45, 7) is 8.21. The van der Waals surface area contributed by atoms with E-state index in [-0.39, 0.29) is 5.97 Å². The Bertz CT molecular complexity index is 663. The van der Waals surface area contributed by atoms with Crippen molar-refractivity contribution in [1.29, 1.82) is 0 Å². The molecule has 2 N–H and O–H groups in total.